The van der Waals surface area contributed by atoms with E-state index in [9.17, 15) is 9.59 Å². The fourth-order valence-electron chi connectivity index (χ4n) is 1.10. The highest BCUT2D eigenvalue weighted by Crippen LogP contribution is 2.03. The number of aliphatic carboxylic acids is 1. The van der Waals surface area contributed by atoms with Gasteiger partial charge in [-0.05, 0) is 6.42 Å². The molecule has 0 aliphatic heterocycles. The Bertz CT molecular complexity index is 388. The van der Waals surface area contributed by atoms with Crippen LogP contribution in [0.4, 0.5) is 5.95 Å². The molecule has 0 radical (unpaired) electrons. The van der Waals surface area contributed by atoms with E-state index in [2.05, 4.69) is 10.3 Å². The van der Waals surface area contributed by atoms with E-state index < -0.39 is 17.9 Å². The number of carboxylic acid groups (broad SMARTS) is 1. The Kier molecular flexibility index (Phi) is 4.01. The van der Waals surface area contributed by atoms with Crippen molar-refractivity contribution >= 4 is 17.8 Å². The Morgan fingerprint density at radius 2 is 2.38 bits per heavy atom. The molecule has 1 aromatic heterocycles. The van der Waals surface area contributed by atoms with Gasteiger partial charge in [-0.25, -0.2) is 4.98 Å². The van der Waals surface area contributed by atoms with Crippen molar-refractivity contribution in [3.05, 3.63) is 12.4 Å². The van der Waals surface area contributed by atoms with Crippen LogP contribution >= 0.6 is 0 Å². The number of hydrogen-bond acceptors (Lipinski definition) is 4. The van der Waals surface area contributed by atoms with E-state index in [0.717, 1.165) is 0 Å². The molecule has 1 atom stereocenters. The zero-order valence-electron chi connectivity index (χ0n) is 8.88. The summed E-state index contributed by atoms with van der Waals surface area (Å²) >= 11 is 0. The van der Waals surface area contributed by atoms with E-state index in [1.807, 2.05) is 0 Å². The van der Waals surface area contributed by atoms with Crippen LogP contribution in [0.2, 0.25) is 0 Å². The second-order valence-electron chi connectivity index (χ2n) is 3.39. The van der Waals surface area contributed by atoms with E-state index in [1.165, 1.54) is 0 Å². The highest BCUT2D eigenvalue weighted by molar-refractivity contribution is 5.93. The van der Waals surface area contributed by atoms with Gasteiger partial charge in [-0.15, -0.1) is 0 Å². The molecule has 0 spiro atoms. The number of aryl methyl sites for hydroxylation is 1. The number of nitrogens with two attached hydrogens (primary N) is 1. The summed E-state index contributed by atoms with van der Waals surface area (Å²) in [5.74, 6) is -1.02. The van der Waals surface area contributed by atoms with Gasteiger partial charge in [0.15, 0.2) is 0 Å². The first-order valence-electron chi connectivity index (χ1n) is 4.76. The van der Waals surface area contributed by atoms with Crippen molar-refractivity contribution in [2.45, 2.75) is 18.9 Å². The minimum absolute atomic E-state index is 0.103. The molecular weight excluding hydrogens is 212 g/mol. The Morgan fingerprint density at radius 3 is 2.88 bits per heavy atom. The summed E-state index contributed by atoms with van der Waals surface area (Å²) in [7, 11) is 1.73. The second-order valence-corrected chi connectivity index (χ2v) is 3.39. The van der Waals surface area contributed by atoms with Crippen LogP contribution in [-0.4, -0.2) is 32.6 Å². The molecular formula is C9H14N4O3. The first-order chi connectivity index (χ1) is 7.50. The number of carbonyl (C=O) groups is 2. The Balaban J connectivity index is 2.46. The summed E-state index contributed by atoms with van der Waals surface area (Å²) in [6, 6.07) is -0.840. The minimum Gasteiger partial charge on any atom is -0.481 e. The summed E-state index contributed by atoms with van der Waals surface area (Å²) in [5.41, 5.74) is 5.52. The van der Waals surface area contributed by atoms with Gasteiger partial charge in [0.1, 0.15) is 0 Å². The fraction of sp³-hybridized carbons (Fsp3) is 0.444. The van der Waals surface area contributed by atoms with E-state index in [4.69, 9.17) is 10.8 Å². The van der Waals surface area contributed by atoms with Gasteiger partial charge in [0.25, 0.3) is 0 Å². The molecule has 7 heteroatoms. The standard InChI is InChI=1S/C9H14N4O3/c1-13-5-4-11-9(13)12-8(16)6(10)2-3-7(14)15/h4-6H,2-3,10H2,1H3,(H,14,15)(H,11,12,16)/t6-/m0/s1. The molecule has 0 bridgehead atoms. The van der Waals surface area contributed by atoms with Crippen LogP contribution in [0.15, 0.2) is 12.4 Å². The Morgan fingerprint density at radius 1 is 1.69 bits per heavy atom. The zero-order chi connectivity index (χ0) is 12.1. The van der Waals surface area contributed by atoms with Gasteiger partial charge in [0, 0.05) is 25.9 Å². The third-order valence-corrected chi connectivity index (χ3v) is 2.06. The topological polar surface area (TPSA) is 110 Å². The number of rotatable bonds is 5. The van der Waals surface area contributed by atoms with Crippen molar-refractivity contribution in [2.24, 2.45) is 12.8 Å². The molecule has 1 rings (SSSR count). The third kappa shape index (κ3) is 3.35. The first kappa shape index (κ1) is 12.2. The first-order valence-corrected chi connectivity index (χ1v) is 4.76. The van der Waals surface area contributed by atoms with Crippen LogP contribution in [0.25, 0.3) is 0 Å². The van der Waals surface area contributed by atoms with E-state index in [0.29, 0.717) is 5.95 Å². The molecule has 4 N–H and O–H groups in total. The van der Waals surface area contributed by atoms with Gasteiger partial charge in [0.05, 0.1) is 6.04 Å². The molecule has 0 unspecified atom stereocenters. The van der Waals surface area contributed by atoms with Crippen LogP contribution in [-0.2, 0) is 16.6 Å². The minimum atomic E-state index is -0.972. The molecule has 0 aromatic carbocycles. The molecule has 0 aliphatic carbocycles. The molecule has 1 heterocycles. The maximum absolute atomic E-state index is 11.5. The molecule has 7 nitrogen and oxygen atoms in total. The van der Waals surface area contributed by atoms with Crippen LogP contribution in [0, 0.1) is 0 Å². The summed E-state index contributed by atoms with van der Waals surface area (Å²) in [5, 5.41) is 10.9. The average Bonchev–Trinajstić information content (AvgIpc) is 2.60. The van der Waals surface area contributed by atoms with E-state index in [1.54, 1.807) is 24.0 Å². The van der Waals surface area contributed by atoms with Crippen molar-refractivity contribution in [1.82, 2.24) is 9.55 Å². The normalized spacial score (nSPS) is 12.1. The van der Waals surface area contributed by atoms with Gasteiger partial charge in [-0.1, -0.05) is 0 Å². The third-order valence-electron chi connectivity index (χ3n) is 2.06. The number of anilines is 1. The maximum atomic E-state index is 11.5. The van der Waals surface area contributed by atoms with Gasteiger partial charge < -0.3 is 15.4 Å². The number of carboxylic acids is 1. The Labute approximate surface area is 92.3 Å². The quantitative estimate of drug-likeness (QED) is 0.629. The number of nitrogens with one attached hydrogen (secondary N) is 1. The van der Waals surface area contributed by atoms with Crippen LogP contribution in [0.5, 0.6) is 0 Å². The predicted octanol–water partition coefficient (Wildman–Crippen LogP) is -0.449. The summed E-state index contributed by atoms with van der Waals surface area (Å²) in [6.07, 6.45) is 3.19. The van der Waals surface area contributed by atoms with Crippen LogP contribution in [0.3, 0.4) is 0 Å². The molecule has 0 fully saturated rings. The zero-order valence-corrected chi connectivity index (χ0v) is 8.88. The molecule has 0 saturated heterocycles. The lowest BCUT2D eigenvalue weighted by atomic mass is 10.1. The number of hydrogen-bond donors (Lipinski definition) is 3. The van der Waals surface area contributed by atoms with Gasteiger partial charge in [-0.2, -0.15) is 0 Å². The molecule has 88 valence electrons. The summed E-state index contributed by atoms with van der Waals surface area (Å²) in [6.45, 7) is 0. The lowest BCUT2D eigenvalue weighted by molar-refractivity contribution is -0.137. The summed E-state index contributed by atoms with van der Waals surface area (Å²) in [4.78, 5) is 25.7. The molecule has 0 aliphatic rings. The number of nitrogens with zero attached hydrogens (tertiary/aromatic N) is 2. The smallest absolute Gasteiger partial charge is 0.303 e. The van der Waals surface area contributed by atoms with Crippen molar-refractivity contribution < 1.29 is 14.7 Å². The van der Waals surface area contributed by atoms with Crippen molar-refractivity contribution in [3.63, 3.8) is 0 Å². The lowest BCUT2D eigenvalue weighted by Crippen LogP contribution is -2.36. The number of aromatic nitrogens is 2. The number of amides is 1. The lowest BCUT2D eigenvalue weighted by Gasteiger charge is -2.10. The van der Waals surface area contributed by atoms with Crippen molar-refractivity contribution in [2.75, 3.05) is 5.32 Å². The van der Waals surface area contributed by atoms with E-state index in [-0.39, 0.29) is 12.8 Å². The largest absolute Gasteiger partial charge is 0.481 e. The second kappa shape index (κ2) is 5.26. The number of carbonyl (C=O) groups excluding carboxylic acids is 1. The average molecular weight is 226 g/mol. The molecule has 0 saturated carbocycles. The monoisotopic (exact) mass is 226 g/mol. The fourth-order valence-corrected chi connectivity index (χ4v) is 1.10. The van der Waals surface area contributed by atoms with Gasteiger partial charge >= 0.3 is 5.97 Å². The predicted molar refractivity (Wildman–Crippen MR) is 56.7 cm³/mol. The van der Waals surface area contributed by atoms with Gasteiger partial charge in [0.2, 0.25) is 11.9 Å². The SMILES string of the molecule is Cn1ccnc1NC(=O)[C@@H](N)CCC(=O)O. The summed E-state index contributed by atoms with van der Waals surface area (Å²) < 4.78 is 1.63. The highest BCUT2D eigenvalue weighted by atomic mass is 16.4. The van der Waals surface area contributed by atoms with Crippen LogP contribution < -0.4 is 11.1 Å². The van der Waals surface area contributed by atoms with Crippen molar-refractivity contribution in [3.8, 4) is 0 Å². The van der Waals surface area contributed by atoms with Crippen LogP contribution in [0.1, 0.15) is 12.8 Å². The van der Waals surface area contributed by atoms with Crippen molar-refractivity contribution in [1.29, 1.82) is 0 Å². The van der Waals surface area contributed by atoms with E-state index >= 15 is 0 Å². The number of imidazole rings is 1. The Hall–Kier alpha value is -1.89. The maximum Gasteiger partial charge on any atom is 0.303 e. The molecule has 16 heavy (non-hydrogen) atoms. The molecule has 1 amide bonds. The highest BCUT2D eigenvalue weighted by Gasteiger charge is 2.16. The van der Waals surface area contributed by atoms with Gasteiger partial charge in [-0.3, -0.25) is 14.9 Å². The molecule has 1 aromatic rings.